The van der Waals surface area contributed by atoms with Gasteiger partial charge in [0, 0.05) is 6.07 Å². The Bertz CT molecular complexity index is 378. The lowest BCUT2D eigenvalue weighted by Gasteiger charge is -2.03. The Kier molecular flexibility index (Phi) is 2.36. The molecule has 70 valence electrons. The molecule has 0 aliphatic heterocycles. The summed E-state index contributed by atoms with van der Waals surface area (Å²) in [7, 11) is 0. The first-order chi connectivity index (χ1) is 6.02. The first-order valence-electron chi connectivity index (χ1n) is 3.57. The second-order valence-electron chi connectivity index (χ2n) is 2.59. The number of aliphatic carboxylic acids is 1. The summed E-state index contributed by atoms with van der Waals surface area (Å²) in [5, 5.41) is 17.4. The van der Waals surface area contributed by atoms with Crippen LogP contribution >= 0.6 is 0 Å². The summed E-state index contributed by atoms with van der Waals surface area (Å²) >= 11 is 0. The summed E-state index contributed by atoms with van der Waals surface area (Å²) in [6.45, 7) is 1.39. The van der Waals surface area contributed by atoms with Crippen LogP contribution in [0.4, 0.5) is 0 Å². The van der Waals surface area contributed by atoms with Crippen LogP contribution in [0.1, 0.15) is 18.6 Å². The lowest BCUT2D eigenvalue weighted by molar-refractivity contribution is -0.138. The zero-order valence-corrected chi connectivity index (χ0v) is 6.85. The molecule has 1 aromatic heterocycles. The summed E-state index contributed by atoms with van der Waals surface area (Å²) in [5.41, 5.74) is -0.644. The van der Waals surface area contributed by atoms with Crippen molar-refractivity contribution < 1.29 is 19.4 Å². The minimum atomic E-state index is -1.09. The van der Waals surface area contributed by atoms with E-state index in [9.17, 15) is 9.59 Å². The van der Waals surface area contributed by atoms with E-state index in [0.717, 1.165) is 12.3 Å². The molecule has 5 heteroatoms. The molecule has 0 fully saturated rings. The zero-order chi connectivity index (χ0) is 10.0. The molecule has 1 rings (SSSR count). The fraction of sp³-hybridized carbons (Fsp3) is 0.250. The number of hydrogen-bond donors (Lipinski definition) is 2. The lowest BCUT2D eigenvalue weighted by Crippen LogP contribution is -2.10. The van der Waals surface area contributed by atoms with Gasteiger partial charge in [0.2, 0.25) is 5.43 Å². The topological polar surface area (TPSA) is 87.7 Å². The van der Waals surface area contributed by atoms with Crippen LogP contribution in [0.25, 0.3) is 0 Å². The second kappa shape index (κ2) is 3.30. The van der Waals surface area contributed by atoms with Crippen molar-refractivity contribution in [3.05, 3.63) is 28.3 Å². The van der Waals surface area contributed by atoms with Gasteiger partial charge in [-0.25, -0.2) is 0 Å². The molecular weight excluding hydrogens is 176 g/mol. The van der Waals surface area contributed by atoms with Gasteiger partial charge in [-0.2, -0.15) is 0 Å². The molecule has 0 radical (unpaired) electrons. The van der Waals surface area contributed by atoms with Gasteiger partial charge in [-0.05, 0) is 6.92 Å². The summed E-state index contributed by atoms with van der Waals surface area (Å²) in [4.78, 5) is 21.3. The highest BCUT2D eigenvalue weighted by molar-refractivity contribution is 5.74. The van der Waals surface area contributed by atoms with E-state index in [1.807, 2.05) is 0 Å². The molecule has 1 unspecified atom stereocenters. The summed E-state index contributed by atoms with van der Waals surface area (Å²) in [5.74, 6) is -2.49. The molecule has 1 atom stereocenters. The van der Waals surface area contributed by atoms with Gasteiger partial charge in [0.15, 0.2) is 5.75 Å². The maximum Gasteiger partial charge on any atom is 0.313 e. The Morgan fingerprint density at radius 1 is 1.62 bits per heavy atom. The number of carbonyl (C=O) groups is 1. The molecule has 0 amide bonds. The minimum absolute atomic E-state index is 0.0234. The average molecular weight is 184 g/mol. The number of carboxylic acids is 1. The van der Waals surface area contributed by atoms with Crippen LogP contribution in [-0.4, -0.2) is 16.2 Å². The zero-order valence-electron chi connectivity index (χ0n) is 6.85. The number of carboxylic acid groups (broad SMARTS) is 1. The fourth-order valence-corrected chi connectivity index (χ4v) is 0.768. The van der Waals surface area contributed by atoms with Crippen LogP contribution in [0.15, 0.2) is 21.5 Å². The van der Waals surface area contributed by atoms with E-state index in [1.165, 1.54) is 6.92 Å². The van der Waals surface area contributed by atoms with Crippen molar-refractivity contribution in [1.82, 2.24) is 0 Å². The second-order valence-corrected chi connectivity index (χ2v) is 2.59. The minimum Gasteiger partial charge on any atom is -0.502 e. The smallest absolute Gasteiger partial charge is 0.313 e. The van der Waals surface area contributed by atoms with E-state index >= 15 is 0 Å². The molecule has 0 aliphatic rings. The number of aromatic hydroxyl groups is 1. The molecule has 0 aromatic carbocycles. The molecular formula is C8H8O5. The quantitative estimate of drug-likeness (QED) is 0.700. The highest BCUT2D eigenvalue weighted by atomic mass is 16.4. The first-order valence-corrected chi connectivity index (χ1v) is 3.57. The van der Waals surface area contributed by atoms with Gasteiger partial charge in [-0.1, -0.05) is 0 Å². The Hall–Kier alpha value is -1.78. The van der Waals surface area contributed by atoms with Crippen molar-refractivity contribution in [3.8, 4) is 5.75 Å². The molecule has 0 saturated carbocycles. The normalized spacial score (nSPS) is 12.4. The SMILES string of the molecule is CC(C(=O)O)c1cc(=O)c(O)co1. The van der Waals surface area contributed by atoms with Crippen LogP contribution in [0.5, 0.6) is 5.75 Å². The molecule has 1 heterocycles. The van der Waals surface area contributed by atoms with Crippen molar-refractivity contribution in [2.45, 2.75) is 12.8 Å². The molecule has 0 saturated heterocycles. The summed E-state index contributed by atoms with van der Waals surface area (Å²) in [6, 6.07) is 0.966. The van der Waals surface area contributed by atoms with Gasteiger partial charge in [0.05, 0.1) is 0 Å². The highest BCUT2D eigenvalue weighted by Crippen LogP contribution is 2.14. The highest BCUT2D eigenvalue weighted by Gasteiger charge is 2.17. The van der Waals surface area contributed by atoms with E-state index in [0.29, 0.717) is 0 Å². The Morgan fingerprint density at radius 2 is 2.23 bits per heavy atom. The lowest BCUT2D eigenvalue weighted by atomic mass is 10.1. The van der Waals surface area contributed by atoms with Gasteiger partial charge < -0.3 is 14.6 Å². The molecule has 1 aromatic rings. The maximum absolute atomic E-state index is 10.9. The average Bonchev–Trinajstić information content (AvgIpc) is 2.08. The van der Waals surface area contributed by atoms with Crippen LogP contribution in [0, 0.1) is 0 Å². The van der Waals surface area contributed by atoms with Crippen LogP contribution < -0.4 is 5.43 Å². The molecule has 0 bridgehead atoms. The summed E-state index contributed by atoms with van der Waals surface area (Å²) < 4.78 is 4.73. The van der Waals surface area contributed by atoms with Crippen molar-refractivity contribution >= 4 is 5.97 Å². The van der Waals surface area contributed by atoms with Gasteiger partial charge in [-0.3, -0.25) is 9.59 Å². The monoisotopic (exact) mass is 184 g/mol. The standard InChI is InChI=1S/C8H8O5/c1-4(8(11)12)7-2-5(9)6(10)3-13-7/h2-4,10H,1H3,(H,11,12). The van der Waals surface area contributed by atoms with Gasteiger partial charge >= 0.3 is 5.97 Å². The summed E-state index contributed by atoms with van der Waals surface area (Å²) in [6.07, 6.45) is 0.830. The van der Waals surface area contributed by atoms with Crippen molar-refractivity contribution in [3.63, 3.8) is 0 Å². The third kappa shape index (κ3) is 1.87. The fourth-order valence-electron chi connectivity index (χ4n) is 0.768. The largest absolute Gasteiger partial charge is 0.502 e. The van der Waals surface area contributed by atoms with Crippen LogP contribution in [-0.2, 0) is 4.79 Å². The third-order valence-electron chi connectivity index (χ3n) is 1.63. The molecule has 5 nitrogen and oxygen atoms in total. The van der Waals surface area contributed by atoms with Gasteiger partial charge in [-0.15, -0.1) is 0 Å². The predicted octanol–water partition coefficient (Wildman–Crippen LogP) is 0.533. The van der Waals surface area contributed by atoms with Crippen molar-refractivity contribution in [2.24, 2.45) is 0 Å². The maximum atomic E-state index is 10.9. The van der Waals surface area contributed by atoms with E-state index in [1.54, 1.807) is 0 Å². The molecule has 0 aliphatic carbocycles. The molecule has 13 heavy (non-hydrogen) atoms. The van der Waals surface area contributed by atoms with Gasteiger partial charge in [0.1, 0.15) is 17.9 Å². The first kappa shape index (κ1) is 9.31. The molecule has 2 N–H and O–H groups in total. The van der Waals surface area contributed by atoms with E-state index in [4.69, 9.17) is 14.6 Å². The predicted molar refractivity (Wildman–Crippen MR) is 42.7 cm³/mol. The number of rotatable bonds is 2. The van der Waals surface area contributed by atoms with Gasteiger partial charge in [0.25, 0.3) is 0 Å². The van der Waals surface area contributed by atoms with Crippen molar-refractivity contribution in [1.29, 1.82) is 0 Å². The van der Waals surface area contributed by atoms with Crippen molar-refractivity contribution in [2.75, 3.05) is 0 Å². The third-order valence-corrected chi connectivity index (χ3v) is 1.63. The Labute approximate surface area is 73.2 Å². The van der Waals surface area contributed by atoms with Crippen LogP contribution in [0.2, 0.25) is 0 Å². The van der Waals surface area contributed by atoms with Crippen LogP contribution in [0.3, 0.4) is 0 Å². The van der Waals surface area contributed by atoms with E-state index < -0.39 is 23.1 Å². The number of hydrogen-bond acceptors (Lipinski definition) is 4. The Morgan fingerprint density at radius 3 is 2.69 bits per heavy atom. The van der Waals surface area contributed by atoms with E-state index in [2.05, 4.69) is 0 Å². The Balaban J connectivity index is 3.11. The molecule has 0 spiro atoms. The van der Waals surface area contributed by atoms with E-state index in [-0.39, 0.29) is 5.76 Å².